The third kappa shape index (κ3) is 4.43. The fourth-order valence-corrected chi connectivity index (χ4v) is 2.57. The molecule has 0 bridgehead atoms. The number of hydrogen-bond acceptors (Lipinski definition) is 5. The van der Waals surface area contributed by atoms with E-state index in [0.717, 1.165) is 5.56 Å². The molecule has 3 rings (SSSR count). The van der Waals surface area contributed by atoms with Gasteiger partial charge in [-0.15, -0.1) is 0 Å². The number of Topliss-reactive ketones (excluding diaryl/α,β-unsaturated/α-hetero) is 1. The van der Waals surface area contributed by atoms with Crippen LogP contribution < -0.4 is 5.43 Å². The lowest BCUT2D eigenvalue weighted by molar-refractivity contribution is 0.0697. The summed E-state index contributed by atoms with van der Waals surface area (Å²) >= 11 is 5.83. The van der Waals surface area contributed by atoms with Crippen molar-refractivity contribution in [3.63, 3.8) is 0 Å². The highest BCUT2D eigenvalue weighted by atomic mass is 35.5. The predicted octanol–water partition coefficient (Wildman–Crippen LogP) is 4.95. The van der Waals surface area contributed by atoms with E-state index in [-0.39, 0.29) is 16.4 Å². The fraction of sp³-hybridized carbons (Fsp3) is 0.0500. The molecule has 1 heterocycles. The first-order valence-electron chi connectivity index (χ1n) is 7.97. The third-order valence-corrected chi connectivity index (χ3v) is 4.11. The molecule has 2 N–H and O–H groups in total. The van der Waals surface area contributed by atoms with Gasteiger partial charge in [-0.3, -0.25) is 10.2 Å². The van der Waals surface area contributed by atoms with E-state index in [1.54, 1.807) is 30.3 Å². The second-order valence-electron chi connectivity index (χ2n) is 5.71. The molecular weight excluding hydrogens is 368 g/mol. The molecular formula is C20H15ClN2O4. The van der Waals surface area contributed by atoms with Crippen molar-refractivity contribution in [3.8, 4) is 11.3 Å². The number of hydrogen-bond donors (Lipinski definition) is 2. The molecule has 0 radical (unpaired) electrons. The molecule has 6 nitrogen and oxygen atoms in total. The van der Waals surface area contributed by atoms with Crippen LogP contribution in [0.1, 0.15) is 33.4 Å². The van der Waals surface area contributed by atoms with Gasteiger partial charge < -0.3 is 9.52 Å². The molecule has 0 aliphatic rings. The number of carbonyl (C=O) groups excluding carboxylic acids is 1. The Morgan fingerprint density at radius 3 is 2.52 bits per heavy atom. The van der Waals surface area contributed by atoms with E-state index in [2.05, 4.69) is 10.5 Å². The minimum Gasteiger partial charge on any atom is -0.478 e. The molecule has 0 aliphatic carbocycles. The minimum absolute atomic E-state index is 0.00754. The predicted molar refractivity (Wildman–Crippen MR) is 104 cm³/mol. The second kappa shape index (κ2) is 7.88. The maximum Gasteiger partial charge on any atom is 0.337 e. The average Bonchev–Trinajstić information content (AvgIpc) is 3.12. The summed E-state index contributed by atoms with van der Waals surface area (Å²) in [5.41, 5.74) is 4.69. The van der Waals surface area contributed by atoms with Crippen molar-refractivity contribution < 1.29 is 19.1 Å². The Morgan fingerprint density at radius 1 is 1.11 bits per heavy atom. The molecule has 0 fully saturated rings. The van der Waals surface area contributed by atoms with Gasteiger partial charge in [0.25, 0.3) is 0 Å². The van der Waals surface area contributed by atoms with Gasteiger partial charge in [-0.1, -0.05) is 35.9 Å². The zero-order chi connectivity index (χ0) is 19.4. The third-order valence-electron chi connectivity index (χ3n) is 3.78. The number of nitrogens with one attached hydrogen (secondary N) is 1. The summed E-state index contributed by atoms with van der Waals surface area (Å²) in [6, 6.07) is 15.2. The smallest absolute Gasteiger partial charge is 0.337 e. The van der Waals surface area contributed by atoms with Crippen molar-refractivity contribution in [2.24, 2.45) is 5.10 Å². The van der Waals surface area contributed by atoms with E-state index in [0.29, 0.717) is 22.8 Å². The van der Waals surface area contributed by atoms with Crippen molar-refractivity contribution in [2.75, 3.05) is 5.43 Å². The number of rotatable bonds is 6. The van der Waals surface area contributed by atoms with Crippen LogP contribution in [0, 0.1) is 0 Å². The summed E-state index contributed by atoms with van der Waals surface area (Å²) < 4.78 is 5.70. The van der Waals surface area contributed by atoms with Gasteiger partial charge >= 0.3 is 5.97 Å². The molecule has 2 aromatic carbocycles. The molecule has 0 unspecified atom stereocenters. The summed E-state index contributed by atoms with van der Waals surface area (Å²) in [6.45, 7) is 1.52. The Bertz CT molecular complexity index is 1020. The van der Waals surface area contributed by atoms with Gasteiger partial charge in [0, 0.05) is 11.1 Å². The van der Waals surface area contributed by atoms with Gasteiger partial charge in [-0.2, -0.15) is 5.10 Å². The number of carbonyl (C=O) groups is 2. The fourth-order valence-electron chi connectivity index (χ4n) is 2.38. The zero-order valence-electron chi connectivity index (χ0n) is 14.3. The minimum atomic E-state index is -1.11. The average molecular weight is 383 g/mol. The number of hydrazone groups is 1. The number of carboxylic acid groups (broad SMARTS) is 1. The maximum absolute atomic E-state index is 11.3. The Hall–Kier alpha value is -3.38. The van der Waals surface area contributed by atoms with Gasteiger partial charge in [0.05, 0.1) is 22.5 Å². The molecule has 27 heavy (non-hydrogen) atoms. The summed E-state index contributed by atoms with van der Waals surface area (Å²) in [5.74, 6) is 0.0546. The quantitative estimate of drug-likeness (QED) is 0.357. The summed E-state index contributed by atoms with van der Waals surface area (Å²) in [5, 5.41) is 13.3. The molecule has 136 valence electrons. The van der Waals surface area contributed by atoms with Crippen LogP contribution in [-0.2, 0) is 0 Å². The number of benzene rings is 2. The van der Waals surface area contributed by atoms with Crippen molar-refractivity contribution in [2.45, 2.75) is 6.92 Å². The van der Waals surface area contributed by atoms with Crippen molar-refractivity contribution in [1.82, 2.24) is 0 Å². The molecule has 0 saturated carbocycles. The molecule has 0 saturated heterocycles. The first-order chi connectivity index (χ1) is 12.9. The largest absolute Gasteiger partial charge is 0.478 e. The monoisotopic (exact) mass is 382 g/mol. The maximum atomic E-state index is 11.3. The topological polar surface area (TPSA) is 91.9 Å². The molecule has 0 spiro atoms. The van der Waals surface area contributed by atoms with Gasteiger partial charge in [-0.25, -0.2) is 4.79 Å². The Balaban J connectivity index is 1.69. The van der Waals surface area contributed by atoms with Crippen LogP contribution in [-0.4, -0.2) is 23.1 Å². The summed E-state index contributed by atoms with van der Waals surface area (Å²) in [6.07, 6.45) is 1.47. The zero-order valence-corrected chi connectivity index (χ0v) is 15.0. The molecule has 3 aromatic rings. The van der Waals surface area contributed by atoms with Crippen LogP contribution in [0.5, 0.6) is 0 Å². The second-order valence-corrected chi connectivity index (χ2v) is 6.11. The summed E-state index contributed by atoms with van der Waals surface area (Å²) in [7, 11) is 0. The highest BCUT2D eigenvalue weighted by Gasteiger charge is 2.09. The van der Waals surface area contributed by atoms with E-state index in [4.69, 9.17) is 21.1 Å². The van der Waals surface area contributed by atoms with Gasteiger partial charge in [0.15, 0.2) is 5.78 Å². The van der Waals surface area contributed by atoms with E-state index in [1.807, 2.05) is 12.1 Å². The number of aromatic carboxylic acids is 1. The van der Waals surface area contributed by atoms with Crippen molar-refractivity contribution in [3.05, 3.63) is 76.5 Å². The number of furan rings is 1. The van der Waals surface area contributed by atoms with Gasteiger partial charge in [0.1, 0.15) is 11.5 Å². The van der Waals surface area contributed by atoms with Crippen LogP contribution in [0.25, 0.3) is 11.3 Å². The molecule has 0 atom stereocenters. The van der Waals surface area contributed by atoms with Crippen LogP contribution in [0.15, 0.2) is 64.1 Å². The number of ketones is 1. The SMILES string of the molecule is CC(=O)c1ccc(-c2ccc(C=NNc3ccc(Cl)c(C(=O)O)c3)o2)cc1. The molecule has 7 heteroatoms. The highest BCUT2D eigenvalue weighted by Crippen LogP contribution is 2.23. The first-order valence-corrected chi connectivity index (χ1v) is 8.35. The highest BCUT2D eigenvalue weighted by molar-refractivity contribution is 6.33. The lowest BCUT2D eigenvalue weighted by Gasteiger charge is -2.03. The van der Waals surface area contributed by atoms with Crippen LogP contribution in [0.2, 0.25) is 5.02 Å². The molecule has 1 aromatic heterocycles. The van der Waals surface area contributed by atoms with E-state index < -0.39 is 5.97 Å². The molecule has 0 aliphatic heterocycles. The van der Waals surface area contributed by atoms with Gasteiger partial charge in [-0.05, 0) is 37.3 Å². The van der Waals surface area contributed by atoms with Crippen LogP contribution in [0.3, 0.4) is 0 Å². The lowest BCUT2D eigenvalue weighted by atomic mass is 10.1. The Labute approximate surface area is 160 Å². The molecule has 0 amide bonds. The standard InChI is InChI=1S/C20H15ClN2O4/c1-12(24)13-2-4-14(5-3-13)19-9-7-16(27-19)11-22-23-15-6-8-18(21)17(10-15)20(25)26/h2-11,23H,1H3,(H,25,26). The number of anilines is 1. The first kappa shape index (κ1) is 18.4. The van der Waals surface area contributed by atoms with Crippen LogP contribution in [0.4, 0.5) is 5.69 Å². The van der Waals surface area contributed by atoms with Crippen molar-refractivity contribution >= 4 is 35.3 Å². The Morgan fingerprint density at radius 2 is 1.85 bits per heavy atom. The number of carboxylic acids is 1. The number of halogens is 1. The number of nitrogens with zero attached hydrogens (tertiary/aromatic N) is 1. The summed E-state index contributed by atoms with van der Waals surface area (Å²) in [4.78, 5) is 22.4. The van der Waals surface area contributed by atoms with Crippen molar-refractivity contribution in [1.29, 1.82) is 0 Å². The van der Waals surface area contributed by atoms with Crippen LogP contribution >= 0.6 is 11.6 Å². The van der Waals surface area contributed by atoms with E-state index in [1.165, 1.54) is 25.3 Å². The van der Waals surface area contributed by atoms with E-state index in [9.17, 15) is 9.59 Å². The van der Waals surface area contributed by atoms with E-state index >= 15 is 0 Å². The lowest BCUT2D eigenvalue weighted by Crippen LogP contribution is -1.99. The van der Waals surface area contributed by atoms with Gasteiger partial charge in [0.2, 0.25) is 0 Å². The Kier molecular flexibility index (Phi) is 5.38. The normalized spacial score (nSPS) is 10.9.